The van der Waals surface area contributed by atoms with E-state index in [2.05, 4.69) is 28.7 Å². The summed E-state index contributed by atoms with van der Waals surface area (Å²) >= 11 is 0. The molecule has 5 heteroatoms. The molecule has 2 aromatic rings. The van der Waals surface area contributed by atoms with Gasteiger partial charge in [0.2, 0.25) is 5.91 Å². The van der Waals surface area contributed by atoms with E-state index in [1.807, 2.05) is 25.5 Å². The van der Waals surface area contributed by atoms with Gasteiger partial charge in [0, 0.05) is 23.5 Å². The minimum Gasteiger partial charge on any atom is -0.379 e. The first-order valence-electron chi connectivity index (χ1n) is 6.64. The maximum atomic E-state index is 11.1. The number of anilines is 1. The molecule has 20 heavy (non-hydrogen) atoms. The SMILES string of the molecule is Cc1cc(C(N)=O)ccc1NCc1cncn1C(C)C. The van der Waals surface area contributed by atoms with Crippen molar-refractivity contribution in [1.82, 2.24) is 9.55 Å². The Morgan fingerprint density at radius 2 is 2.20 bits per heavy atom. The third-order valence-corrected chi connectivity index (χ3v) is 3.27. The summed E-state index contributed by atoms with van der Waals surface area (Å²) in [4.78, 5) is 15.3. The van der Waals surface area contributed by atoms with Crippen LogP contribution in [-0.2, 0) is 6.54 Å². The van der Waals surface area contributed by atoms with Crippen molar-refractivity contribution in [1.29, 1.82) is 0 Å². The van der Waals surface area contributed by atoms with Gasteiger partial charge in [0.1, 0.15) is 0 Å². The molecule has 1 heterocycles. The van der Waals surface area contributed by atoms with Gasteiger partial charge in [-0.1, -0.05) is 0 Å². The van der Waals surface area contributed by atoms with E-state index in [9.17, 15) is 4.79 Å². The highest BCUT2D eigenvalue weighted by Gasteiger charge is 2.07. The highest BCUT2D eigenvalue weighted by molar-refractivity contribution is 5.93. The van der Waals surface area contributed by atoms with Gasteiger partial charge in [0.15, 0.2) is 0 Å². The number of nitrogens with one attached hydrogen (secondary N) is 1. The minimum absolute atomic E-state index is 0.382. The molecule has 0 atom stereocenters. The molecule has 3 N–H and O–H groups in total. The molecule has 1 aromatic carbocycles. The van der Waals surface area contributed by atoms with E-state index < -0.39 is 5.91 Å². The van der Waals surface area contributed by atoms with Crippen LogP contribution in [0.25, 0.3) is 0 Å². The Kier molecular flexibility index (Phi) is 4.08. The lowest BCUT2D eigenvalue weighted by molar-refractivity contribution is 0.1000. The Morgan fingerprint density at radius 1 is 1.45 bits per heavy atom. The predicted molar refractivity (Wildman–Crippen MR) is 79.6 cm³/mol. The first-order chi connectivity index (χ1) is 9.49. The number of nitrogens with zero attached hydrogens (tertiary/aromatic N) is 2. The zero-order chi connectivity index (χ0) is 14.7. The number of primary amides is 1. The average Bonchev–Trinajstić information content (AvgIpc) is 2.85. The van der Waals surface area contributed by atoms with Crippen LogP contribution in [0.1, 0.15) is 41.5 Å². The summed E-state index contributed by atoms with van der Waals surface area (Å²) in [6.07, 6.45) is 3.70. The van der Waals surface area contributed by atoms with E-state index >= 15 is 0 Å². The molecular formula is C15H20N4O. The maximum absolute atomic E-state index is 11.1. The predicted octanol–water partition coefficient (Wildman–Crippen LogP) is 2.48. The molecule has 0 spiro atoms. The van der Waals surface area contributed by atoms with Gasteiger partial charge < -0.3 is 15.6 Å². The Balaban J connectivity index is 2.11. The highest BCUT2D eigenvalue weighted by Crippen LogP contribution is 2.18. The molecule has 0 aliphatic rings. The molecule has 106 valence electrons. The van der Waals surface area contributed by atoms with Gasteiger partial charge in [-0.3, -0.25) is 4.79 Å². The van der Waals surface area contributed by atoms with Crippen molar-refractivity contribution in [2.75, 3.05) is 5.32 Å². The molecule has 2 rings (SSSR count). The molecule has 0 fully saturated rings. The summed E-state index contributed by atoms with van der Waals surface area (Å²) in [7, 11) is 0. The molecule has 0 unspecified atom stereocenters. The van der Waals surface area contributed by atoms with Gasteiger partial charge in [-0.05, 0) is 44.5 Å². The lowest BCUT2D eigenvalue weighted by Gasteiger charge is -2.14. The van der Waals surface area contributed by atoms with Crippen LogP contribution in [0.3, 0.4) is 0 Å². The van der Waals surface area contributed by atoms with Crippen molar-refractivity contribution in [3.8, 4) is 0 Å². The first kappa shape index (κ1) is 14.1. The topological polar surface area (TPSA) is 72.9 Å². The van der Waals surface area contributed by atoms with Crippen LogP contribution in [0.2, 0.25) is 0 Å². The standard InChI is InChI=1S/C15H20N4O/c1-10(2)19-9-17-7-13(19)8-18-14-5-4-12(15(16)20)6-11(14)3/h4-7,9-10,18H,8H2,1-3H3,(H2,16,20). The average molecular weight is 272 g/mol. The number of nitrogens with two attached hydrogens (primary N) is 1. The Labute approximate surface area is 118 Å². The van der Waals surface area contributed by atoms with Gasteiger partial charge in [-0.25, -0.2) is 4.98 Å². The van der Waals surface area contributed by atoms with E-state index in [0.29, 0.717) is 18.2 Å². The number of imidazole rings is 1. The Bertz CT molecular complexity index is 616. The van der Waals surface area contributed by atoms with Crippen molar-refractivity contribution in [3.05, 3.63) is 47.5 Å². The smallest absolute Gasteiger partial charge is 0.248 e. The molecule has 0 aliphatic carbocycles. The number of rotatable bonds is 5. The van der Waals surface area contributed by atoms with Crippen LogP contribution in [0.4, 0.5) is 5.69 Å². The largest absolute Gasteiger partial charge is 0.379 e. The molecule has 0 saturated heterocycles. The molecule has 0 saturated carbocycles. The second-order valence-electron chi connectivity index (χ2n) is 5.13. The Morgan fingerprint density at radius 3 is 2.80 bits per heavy atom. The number of hydrogen-bond donors (Lipinski definition) is 2. The molecule has 0 bridgehead atoms. The molecule has 1 aromatic heterocycles. The van der Waals surface area contributed by atoms with Gasteiger partial charge in [0.05, 0.1) is 18.6 Å². The third kappa shape index (κ3) is 2.99. The van der Waals surface area contributed by atoms with E-state index in [4.69, 9.17) is 5.73 Å². The van der Waals surface area contributed by atoms with Gasteiger partial charge in [-0.15, -0.1) is 0 Å². The van der Waals surface area contributed by atoms with Crippen LogP contribution in [0.15, 0.2) is 30.7 Å². The van der Waals surface area contributed by atoms with E-state index in [0.717, 1.165) is 16.9 Å². The number of hydrogen-bond acceptors (Lipinski definition) is 3. The summed E-state index contributed by atoms with van der Waals surface area (Å²) in [5, 5.41) is 3.36. The summed E-state index contributed by atoms with van der Waals surface area (Å²) in [5.41, 5.74) is 8.91. The number of aromatic nitrogens is 2. The van der Waals surface area contributed by atoms with Crippen molar-refractivity contribution >= 4 is 11.6 Å². The summed E-state index contributed by atoms with van der Waals surface area (Å²) in [6.45, 7) is 6.89. The minimum atomic E-state index is -0.405. The first-order valence-corrected chi connectivity index (χ1v) is 6.64. The number of carbonyl (C=O) groups is 1. The second kappa shape index (κ2) is 5.77. The van der Waals surface area contributed by atoms with Crippen LogP contribution in [-0.4, -0.2) is 15.5 Å². The number of carbonyl (C=O) groups excluding carboxylic acids is 1. The molecule has 0 aliphatic heterocycles. The highest BCUT2D eigenvalue weighted by atomic mass is 16.1. The fourth-order valence-electron chi connectivity index (χ4n) is 2.13. The van der Waals surface area contributed by atoms with Crippen molar-refractivity contribution < 1.29 is 4.79 Å². The second-order valence-corrected chi connectivity index (χ2v) is 5.13. The van der Waals surface area contributed by atoms with Gasteiger partial charge in [0.25, 0.3) is 0 Å². The fourth-order valence-corrected chi connectivity index (χ4v) is 2.13. The number of aryl methyl sites for hydroxylation is 1. The zero-order valence-electron chi connectivity index (χ0n) is 12.1. The monoisotopic (exact) mass is 272 g/mol. The lowest BCUT2D eigenvalue weighted by Crippen LogP contribution is -2.12. The normalized spacial score (nSPS) is 10.8. The zero-order valence-corrected chi connectivity index (χ0v) is 12.1. The van der Waals surface area contributed by atoms with Crippen LogP contribution in [0.5, 0.6) is 0 Å². The molecule has 0 radical (unpaired) electrons. The van der Waals surface area contributed by atoms with Gasteiger partial charge in [-0.2, -0.15) is 0 Å². The van der Waals surface area contributed by atoms with Crippen LogP contribution in [0, 0.1) is 6.92 Å². The van der Waals surface area contributed by atoms with Crippen molar-refractivity contribution in [2.45, 2.75) is 33.4 Å². The Hall–Kier alpha value is -2.30. The van der Waals surface area contributed by atoms with Gasteiger partial charge >= 0.3 is 0 Å². The van der Waals surface area contributed by atoms with Crippen LogP contribution >= 0.6 is 0 Å². The van der Waals surface area contributed by atoms with E-state index in [-0.39, 0.29) is 0 Å². The summed E-state index contributed by atoms with van der Waals surface area (Å²) in [5.74, 6) is -0.405. The van der Waals surface area contributed by atoms with E-state index in [1.54, 1.807) is 12.1 Å². The summed E-state index contributed by atoms with van der Waals surface area (Å²) in [6, 6.07) is 5.79. The molecule has 1 amide bonds. The number of amides is 1. The summed E-state index contributed by atoms with van der Waals surface area (Å²) < 4.78 is 2.13. The third-order valence-electron chi connectivity index (χ3n) is 3.27. The molecule has 5 nitrogen and oxygen atoms in total. The number of benzene rings is 1. The van der Waals surface area contributed by atoms with Crippen molar-refractivity contribution in [3.63, 3.8) is 0 Å². The quantitative estimate of drug-likeness (QED) is 0.878. The van der Waals surface area contributed by atoms with E-state index in [1.165, 1.54) is 0 Å². The lowest BCUT2D eigenvalue weighted by atomic mass is 10.1. The van der Waals surface area contributed by atoms with Crippen LogP contribution < -0.4 is 11.1 Å². The maximum Gasteiger partial charge on any atom is 0.248 e. The fraction of sp³-hybridized carbons (Fsp3) is 0.333. The molecular weight excluding hydrogens is 252 g/mol. The van der Waals surface area contributed by atoms with Crippen molar-refractivity contribution in [2.24, 2.45) is 5.73 Å².